The van der Waals surface area contributed by atoms with Crippen molar-refractivity contribution >= 4 is 11.5 Å². The number of ether oxygens (including phenoxy) is 2. The predicted molar refractivity (Wildman–Crippen MR) is 143 cm³/mol. The number of fused-ring (bicyclic) bond motifs is 2. The van der Waals surface area contributed by atoms with Gasteiger partial charge in [-0.3, -0.25) is 0 Å². The van der Waals surface area contributed by atoms with Crippen LogP contribution >= 0.6 is 0 Å². The summed E-state index contributed by atoms with van der Waals surface area (Å²) in [5, 5.41) is 0. The summed E-state index contributed by atoms with van der Waals surface area (Å²) >= 11 is 0. The van der Waals surface area contributed by atoms with Gasteiger partial charge in [0, 0.05) is 11.1 Å². The molecule has 2 aliphatic rings. The topological polar surface area (TPSA) is 18.5 Å². The van der Waals surface area contributed by atoms with Crippen LogP contribution in [0.1, 0.15) is 87.5 Å². The highest BCUT2D eigenvalue weighted by Crippen LogP contribution is 2.36. The van der Waals surface area contributed by atoms with Crippen molar-refractivity contribution in [1.82, 2.24) is 0 Å². The molecule has 2 nitrogen and oxygen atoms in total. The molecule has 180 valence electrons. The summed E-state index contributed by atoms with van der Waals surface area (Å²) in [6, 6.07) is 17.4. The molecule has 2 aromatic carbocycles. The summed E-state index contributed by atoms with van der Waals surface area (Å²) in [6.45, 7) is 6.07. The Morgan fingerprint density at radius 1 is 0.559 bits per heavy atom. The van der Waals surface area contributed by atoms with Crippen molar-refractivity contribution in [3.05, 3.63) is 94.1 Å². The van der Waals surface area contributed by atoms with E-state index >= 15 is 0 Å². The molecule has 0 N–H and O–H groups in total. The molecule has 0 aliphatic heterocycles. The molecule has 0 saturated carbocycles. The standard InChI is InChI=1S/C32H40O2/c1-3-5-7-13-19-33-31-23-27(21-25-15-9-11-17-29(25)31)28-22-26-16-10-12-18-30(26)32(24-28)34-20-14-8-6-4-2/h9-12,15-18,23-24H,3-8,13-14,19-22H2,1-2H3. The fourth-order valence-electron chi connectivity index (χ4n) is 4.89. The Balaban J connectivity index is 1.59. The van der Waals surface area contributed by atoms with Gasteiger partial charge in [0.25, 0.3) is 0 Å². The number of hydrogen-bond acceptors (Lipinski definition) is 2. The summed E-state index contributed by atoms with van der Waals surface area (Å²) in [4.78, 5) is 0. The lowest BCUT2D eigenvalue weighted by atomic mass is 9.84. The van der Waals surface area contributed by atoms with E-state index in [0.717, 1.165) is 50.4 Å². The van der Waals surface area contributed by atoms with Crippen LogP contribution in [0.2, 0.25) is 0 Å². The van der Waals surface area contributed by atoms with E-state index in [1.54, 1.807) is 0 Å². The number of benzene rings is 2. The van der Waals surface area contributed by atoms with Crippen LogP contribution in [0.5, 0.6) is 0 Å². The van der Waals surface area contributed by atoms with Crippen molar-refractivity contribution in [2.75, 3.05) is 13.2 Å². The highest BCUT2D eigenvalue weighted by Gasteiger charge is 2.22. The number of hydrogen-bond donors (Lipinski definition) is 0. The molecule has 2 aliphatic carbocycles. The molecule has 0 heterocycles. The Kier molecular flexibility index (Phi) is 9.07. The maximum Gasteiger partial charge on any atom is 0.127 e. The summed E-state index contributed by atoms with van der Waals surface area (Å²) in [5.74, 6) is 2.05. The van der Waals surface area contributed by atoms with Crippen LogP contribution in [0.4, 0.5) is 0 Å². The molecule has 2 heteroatoms. The minimum absolute atomic E-state index is 0.785. The molecule has 0 amide bonds. The minimum atomic E-state index is 0.785. The van der Waals surface area contributed by atoms with Crippen LogP contribution in [0.3, 0.4) is 0 Å². The maximum atomic E-state index is 6.35. The van der Waals surface area contributed by atoms with Gasteiger partial charge in [0.05, 0.1) is 13.2 Å². The van der Waals surface area contributed by atoms with E-state index in [1.165, 1.54) is 71.9 Å². The molecule has 34 heavy (non-hydrogen) atoms. The van der Waals surface area contributed by atoms with E-state index in [2.05, 4.69) is 74.5 Å². The molecule has 0 bridgehead atoms. The Bertz CT molecular complexity index is 957. The van der Waals surface area contributed by atoms with Crippen molar-refractivity contribution in [2.24, 2.45) is 0 Å². The summed E-state index contributed by atoms with van der Waals surface area (Å²) in [6.07, 6.45) is 16.2. The molecule has 0 saturated heterocycles. The fraction of sp³-hybridized carbons (Fsp3) is 0.438. The first kappa shape index (κ1) is 24.4. The van der Waals surface area contributed by atoms with E-state index in [4.69, 9.17) is 9.47 Å². The fourth-order valence-corrected chi connectivity index (χ4v) is 4.89. The van der Waals surface area contributed by atoms with Gasteiger partial charge in [-0.15, -0.1) is 0 Å². The van der Waals surface area contributed by atoms with Gasteiger partial charge in [0.1, 0.15) is 11.5 Å². The van der Waals surface area contributed by atoms with Gasteiger partial charge in [0.2, 0.25) is 0 Å². The smallest absolute Gasteiger partial charge is 0.127 e. The lowest BCUT2D eigenvalue weighted by Crippen LogP contribution is -2.11. The summed E-state index contributed by atoms with van der Waals surface area (Å²) < 4.78 is 12.7. The molecular weight excluding hydrogens is 416 g/mol. The maximum absolute atomic E-state index is 6.35. The second kappa shape index (κ2) is 12.6. The van der Waals surface area contributed by atoms with Gasteiger partial charge < -0.3 is 9.47 Å². The van der Waals surface area contributed by atoms with Crippen LogP contribution in [-0.2, 0) is 22.3 Å². The molecule has 2 aromatic rings. The summed E-state index contributed by atoms with van der Waals surface area (Å²) in [7, 11) is 0. The van der Waals surface area contributed by atoms with Crippen LogP contribution in [0.15, 0.2) is 71.8 Å². The quantitative estimate of drug-likeness (QED) is 0.297. The molecule has 0 atom stereocenters. The van der Waals surface area contributed by atoms with E-state index in [0.29, 0.717) is 0 Å². The van der Waals surface area contributed by atoms with Crippen molar-refractivity contribution in [3.63, 3.8) is 0 Å². The monoisotopic (exact) mass is 456 g/mol. The van der Waals surface area contributed by atoms with Crippen molar-refractivity contribution in [2.45, 2.75) is 78.1 Å². The van der Waals surface area contributed by atoms with Gasteiger partial charge >= 0.3 is 0 Å². The van der Waals surface area contributed by atoms with E-state index in [-0.39, 0.29) is 0 Å². The minimum Gasteiger partial charge on any atom is -0.493 e. The highest BCUT2D eigenvalue weighted by molar-refractivity contribution is 5.74. The molecule has 0 aromatic heterocycles. The van der Waals surface area contributed by atoms with Crippen molar-refractivity contribution in [3.8, 4) is 0 Å². The Labute approximate surface area is 206 Å². The van der Waals surface area contributed by atoms with Gasteiger partial charge in [-0.25, -0.2) is 0 Å². The van der Waals surface area contributed by atoms with Gasteiger partial charge in [-0.1, -0.05) is 101 Å². The van der Waals surface area contributed by atoms with Crippen LogP contribution in [-0.4, -0.2) is 13.2 Å². The number of unbranched alkanes of at least 4 members (excludes halogenated alkanes) is 6. The molecule has 0 radical (unpaired) electrons. The van der Waals surface area contributed by atoms with Gasteiger partial charge in [-0.05, 0) is 60.1 Å². The second-order valence-corrected chi connectivity index (χ2v) is 9.55. The predicted octanol–water partition coefficient (Wildman–Crippen LogP) is 8.67. The van der Waals surface area contributed by atoms with Crippen LogP contribution < -0.4 is 0 Å². The largest absolute Gasteiger partial charge is 0.493 e. The normalized spacial score (nSPS) is 16.9. The third-order valence-electron chi connectivity index (χ3n) is 6.86. The van der Waals surface area contributed by atoms with Crippen LogP contribution in [0, 0.1) is 0 Å². The highest BCUT2D eigenvalue weighted by atomic mass is 16.5. The SMILES string of the molecule is CCCCCCOC1=CC(=C2C=C(OCCCCCC)c3ccccc3C2)Cc2ccccc21. The molecule has 0 fully saturated rings. The van der Waals surface area contributed by atoms with E-state index in [9.17, 15) is 0 Å². The lowest BCUT2D eigenvalue weighted by molar-refractivity contribution is 0.265. The van der Waals surface area contributed by atoms with E-state index in [1.807, 2.05) is 0 Å². The second-order valence-electron chi connectivity index (χ2n) is 9.55. The number of allylic oxidation sites excluding steroid dienone is 4. The first-order chi connectivity index (χ1) is 16.8. The Morgan fingerprint density at radius 3 is 1.44 bits per heavy atom. The molecular formula is C32H40O2. The Morgan fingerprint density at radius 2 is 1.00 bits per heavy atom. The van der Waals surface area contributed by atoms with Crippen molar-refractivity contribution < 1.29 is 9.47 Å². The first-order valence-electron chi connectivity index (χ1n) is 13.4. The van der Waals surface area contributed by atoms with E-state index < -0.39 is 0 Å². The number of rotatable bonds is 12. The summed E-state index contributed by atoms with van der Waals surface area (Å²) in [5.41, 5.74) is 7.90. The average molecular weight is 457 g/mol. The third kappa shape index (κ3) is 6.23. The Hall–Kier alpha value is -2.74. The van der Waals surface area contributed by atoms with Crippen LogP contribution in [0.25, 0.3) is 11.5 Å². The molecule has 0 unspecified atom stereocenters. The van der Waals surface area contributed by atoms with Gasteiger partial charge in [0.15, 0.2) is 0 Å². The first-order valence-corrected chi connectivity index (χ1v) is 13.4. The molecule has 4 rings (SSSR count). The zero-order valence-electron chi connectivity index (χ0n) is 21.1. The lowest BCUT2D eigenvalue weighted by Gasteiger charge is -2.25. The average Bonchev–Trinajstić information content (AvgIpc) is 2.88. The zero-order valence-corrected chi connectivity index (χ0v) is 21.1. The van der Waals surface area contributed by atoms with Gasteiger partial charge in [-0.2, -0.15) is 0 Å². The molecule has 0 spiro atoms. The van der Waals surface area contributed by atoms with Crippen molar-refractivity contribution in [1.29, 1.82) is 0 Å². The zero-order chi connectivity index (χ0) is 23.6. The third-order valence-corrected chi connectivity index (χ3v) is 6.86.